The molecule has 34 heavy (non-hydrogen) atoms. The summed E-state index contributed by atoms with van der Waals surface area (Å²) in [5.41, 5.74) is 5.20. The van der Waals surface area contributed by atoms with Crippen molar-refractivity contribution in [3.05, 3.63) is 108 Å². The minimum atomic E-state index is -0.236. The van der Waals surface area contributed by atoms with Crippen molar-refractivity contribution in [3.63, 3.8) is 0 Å². The Morgan fingerprint density at radius 1 is 0.765 bits per heavy atom. The van der Waals surface area contributed by atoms with E-state index in [2.05, 4.69) is 17.4 Å². The van der Waals surface area contributed by atoms with Crippen LogP contribution in [0.25, 0.3) is 11.1 Å². The van der Waals surface area contributed by atoms with Crippen molar-refractivity contribution in [2.75, 3.05) is 19.5 Å². The summed E-state index contributed by atoms with van der Waals surface area (Å²) in [6.45, 7) is 2.23. The van der Waals surface area contributed by atoms with Crippen LogP contribution in [0.1, 0.15) is 21.5 Å². The number of amides is 1. The van der Waals surface area contributed by atoms with Gasteiger partial charge in [0, 0.05) is 11.1 Å². The van der Waals surface area contributed by atoms with Crippen LogP contribution in [0.4, 0.5) is 5.69 Å². The van der Waals surface area contributed by atoms with E-state index in [0.29, 0.717) is 22.7 Å². The van der Waals surface area contributed by atoms with E-state index in [0.717, 1.165) is 28.0 Å². The van der Waals surface area contributed by atoms with Crippen LogP contribution in [0.5, 0.6) is 17.2 Å². The molecule has 0 bridgehead atoms. The fourth-order valence-corrected chi connectivity index (χ4v) is 3.68. The molecule has 5 nitrogen and oxygen atoms in total. The van der Waals surface area contributed by atoms with E-state index in [1.54, 1.807) is 32.4 Å². The predicted molar refractivity (Wildman–Crippen MR) is 135 cm³/mol. The standard InChI is InChI=1S/C29H27NO4/c1-20-9-15-28(33-3)26(17-20)30-29(31)23-12-16-27(32-2)24(18-23)19-34-25-13-10-22(11-14-25)21-7-5-4-6-8-21/h4-18H,19H2,1-3H3,(H,30,31). The second kappa shape index (κ2) is 10.6. The van der Waals surface area contributed by atoms with Crippen LogP contribution >= 0.6 is 0 Å². The lowest BCUT2D eigenvalue weighted by Gasteiger charge is -2.14. The number of hydrogen-bond acceptors (Lipinski definition) is 4. The monoisotopic (exact) mass is 453 g/mol. The smallest absolute Gasteiger partial charge is 0.255 e. The Balaban J connectivity index is 1.48. The van der Waals surface area contributed by atoms with Crippen molar-refractivity contribution in [2.45, 2.75) is 13.5 Å². The third-order valence-corrected chi connectivity index (χ3v) is 5.50. The molecule has 0 spiro atoms. The van der Waals surface area contributed by atoms with Crippen molar-refractivity contribution in [1.29, 1.82) is 0 Å². The van der Waals surface area contributed by atoms with Gasteiger partial charge in [-0.2, -0.15) is 0 Å². The van der Waals surface area contributed by atoms with Crippen molar-refractivity contribution < 1.29 is 19.0 Å². The van der Waals surface area contributed by atoms with E-state index >= 15 is 0 Å². The summed E-state index contributed by atoms with van der Waals surface area (Å²) < 4.78 is 16.8. The zero-order valence-electron chi connectivity index (χ0n) is 19.5. The quantitative estimate of drug-likeness (QED) is 0.330. The van der Waals surface area contributed by atoms with Gasteiger partial charge in [-0.1, -0.05) is 48.5 Å². The topological polar surface area (TPSA) is 56.8 Å². The van der Waals surface area contributed by atoms with Crippen molar-refractivity contribution in [2.24, 2.45) is 0 Å². The number of anilines is 1. The number of hydrogen-bond donors (Lipinski definition) is 1. The maximum Gasteiger partial charge on any atom is 0.255 e. The van der Waals surface area contributed by atoms with Gasteiger partial charge in [-0.3, -0.25) is 4.79 Å². The summed E-state index contributed by atoms with van der Waals surface area (Å²) in [4.78, 5) is 12.9. The number of carbonyl (C=O) groups is 1. The number of carbonyl (C=O) groups excluding carboxylic acids is 1. The van der Waals surface area contributed by atoms with Crippen molar-refractivity contribution >= 4 is 11.6 Å². The van der Waals surface area contributed by atoms with Crippen molar-refractivity contribution in [1.82, 2.24) is 0 Å². The molecule has 0 atom stereocenters. The van der Waals surface area contributed by atoms with E-state index in [-0.39, 0.29) is 12.5 Å². The van der Waals surface area contributed by atoms with E-state index in [1.165, 1.54) is 0 Å². The first-order valence-corrected chi connectivity index (χ1v) is 11.0. The normalized spacial score (nSPS) is 10.4. The molecule has 0 aliphatic carbocycles. The largest absolute Gasteiger partial charge is 0.496 e. The van der Waals surface area contributed by atoms with Gasteiger partial charge in [0.1, 0.15) is 23.9 Å². The second-order valence-corrected chi connectivity index (χ2v) is 7.86. The molecule has 4 rings (SSSR count). The van der Waals surface area contributed by atoms with Gasteiger partial charge in [0.15, 0.2) is 0 Å². The molecular weight excluding hydrogens is 426 g/mol. The number of nitrogens with one attached hydrogen (secondary N) is 1. The zero-order chi connectivity index (χ0) is 23.9. The molecule has 0 fully saturated rings. The SMILES string of the molecule is COc1ccc(C(=O)Nc2cc(C)ccc2OC)cc1COc1ccc(-c2ccccc2)cc1. The average Bonchev–Trinajstić information content (AvgIpc) is 2.88. The number of ether oxygens (including phenoxy) is 3. The third kappa shape index (κ3) is 5.38. The maximum atomic E-state index is 12.9. The van der Waals surface area contributed by atoms with E-state index in [1.807, 2.05) is 67.6 Å². The first-order valence-electron chi connectivity index (χ1n) is 11.0. The lowest BCUT2D eigenvalue weighted by Crippen LogP contribution is -2.13. The van der Waals surface area contributed by atoms with Gasteiger partial charge < -0.3 is 19.5 Å². The Labute approximate surface area is 199 Å². The molecule has 172 valence electrons. The van der Waals surface area contributed by atoms with Crippen LogP contribution in [0.2, 0.25) is 0 Å². The van der Waals surface area contributed by atoms with Crippen LogP contribution in [0.15, 0.2) is 91.0 Å². The molecule has 4 aromatic carbocycles. The molecule has 0 aliphatic rings. The first kappa shape index (κ1) is 22.9. The molecular formula is C29H27NO4. The molecule has 1 N–H and O–H groups in total. The van der Waals surface area contributed by atoms with Gasteiger partial charge in [-0.15, -0.1) is 0 Å². The second-order valence-electron chi connectivity index (χ2n) is 7.86. The lowest BCUT2D eigenvalue weighted by atomic mass is 10.1. The number of methoxy groups -OCH3 is 2. The molecule has 0 heterocycles. The highest BCUT2D eigenvalue weighted by Gasteiger charge is 2.14. The fraction of sp³-hybridized carbons (Fsp3) is 0.138. The molecule has 0 aliphatic heterocycles. The summed E-state index contributed by atoms with van der Waals surface area (Å²) in [5.74, 6) is 1.77. The molecule has 0 aromatic heterocycles. The summed E-state index contributed by atoms with van der Waals surface area (Å²) in [6, 6.07) is 29.1. The van der Waals surface area contributed by atoms with Crippen LogP contribution in [0, 0.1) is 6.92 Å². The Morgan fingerprint density at radius 2 is 1.44 bits per heavy atom. The lowest BCUT2D eigenvalue weighted by molar-refractivity contribution is 0.102. The average molecular weight is 454 g/mol. The van der Waals surface area contributed by atoms with Gasteiger partial charge in [-0.25, -0.2) is 0 Å². The summed E-state index contributed by atoms with van der Waals surface area (Å²) in [7, 11) is 3.18. The molecule has 0 unspecified atom stereocenters. The predicted octanol–water partition coefficient (Wildman–Crippen LogP) is 6.51. The zero-order valence-corrected chi connectivity index (χ0v) is 19.5. The Kier molecular flexibility index (Phi) is 7.13. The minimum absolute atomic E-state index is 0.236. The summed E-state index contributed by atoms with van der Waals surface area (Å²) in [5, 5.41) is 2.93. The van der Waals surface area contributed by atoms with Crippen LogP contribution in [-0.4, -0.2) is 20.1 Å². The van der Waals surface area contributed by atoms with E-state index < -0.39 is 0 Å². The molecule has 0 radical (unpaired) electrons. The highest BCUT2D eigenvalue weighted by molar-refractivity contribution is 6.05. The number of benzene rings is 4. The van der Waals surface area contributed by atoms with Gasteiger partial charge in [0.25, 0.3) is 5.91 Å². The molecule has 5 heteroatoms. The van der Waals surface area contributed by atoms with Crippen LogP contribution in [0.3, 0.4) is 0 Å². The number of rotatable bonds is 8. The molecule has 4 aromatic rings. The van der Waals surface area contributed by atoms with E-state index in [4.69, 9.17) is 14.2 Å². The number of aryl methyl sites for hydroxylation is 1. The molecule has 0 saturated carbocycles. The Morgan fingerprint density at radius 3 is 2.15 bits per heavy atom. The summed E-state index contributed by atoms with van der Waals surface area (Å²) >= 11 is 0. The Hall–Kier alpha value is -4.25. The third-order valence-electron chi connectivity index (χ3n) is 5.50. The molecule has 1 amide bonds. The summed E-state index contributed by atoms with van der Waals surface area (Å²) in [6.07, 6.45) is 0. The molecule has 0 saturated heterocycles. The van der Waals surface area contributed by atoms with Gasteiger partial charge in [-0.05, 0) is 66.1 Å². The maximum absolute atomic E-state index is 12.9. The van der Waals surface area contributed by atoms with Gasteiger partial charge in [0.2, 0.25) is 0 Å². The van der Waals surface area contributed by atoms with Crippen molar-refractivity contribution in [3.8, 4) is 28.4 Å². The van der Waals surface area contributed by atoms with E-state index in [9.17, 15) is 4.79 Å². The first-order chi connectivity index (χ1) is 16.6. The minimum Gasteiger partial charge on any atom is -0.496 e. The highest BCUT2D eigenvalue weighted by Crippen LogP contribution is 2.28. The Bertz CT molecular complexity index is 1270. The fourth-order valence-electron chi connectivity index (χ4n) is 3.68. The van der Waals surface area contributed by atoms with Crippen LogP contribution < -0.4 is 19.5 Å². The highest BCUT2D eigenvalue weighted by atomic mass is 16.5. The van der Waals surface area contributed by atoms with Gasteiger partial charge >= 0.3 is 0 Å². The van der Waals surface area contributed by atoms with Crippen LogP contribution in [-0.2, 0) is 6.61 Å². The van der Waals surface area contributed by atoms with Gasteiger partial charge in [0.05, 0.1) is 19.9 Å².